The van der Waals surface area contributed by atoms with Crippen LogP contribution >= 0.6 is 0 Å². The zero-order valence-electron chi connectivity index (χ0n) is 20.2. The highest BCUT2D eigenvalue weighted by atomic mass is 16.5. The summed E-state index contributed by atoms with van der Waals surface area (Å²) in [7, 11) is 0. The molecule has 3 amide bonds. The summed E-state index contributed by atoms with van der Waals surface area (Å²) < 4.78 is 5.46. The summed E-state index contributed by atoms with van der Waals surface area (Å²) in [6, 6.07) is 16.0. The predicted molar refractivity (Wildman–Crippen MR) is 144 cm³/mol. The number of aromatic amines is 1. The molecule has 4 aromatic rings. The van der Waals surface area contributed by atoms with E-state index in [1.807, 2.05) is 24.3 Å². The molecule has 0 atom stereocenters. The van der Waals surface area contributed by atoms with Crippen molar-refractivity contribution in [3.8, 4) is 23.1 Å². The highest BCUT2D eigenvalue weighted by Crippen LogP contribution is 2.29. The lowest BCUT2D eigenvalue weighted by atomic mass is 10.1. The monoisotopic (exact) mass is 495 g/mol. The molecule has 4 N–H and O–H groups in total. The molecule has 2 aromatic heterocycles. The van der Waals surface area contributed by atoms with Gasteiger partial charge in [-0.05, 0) is 60.9 Å². The van der Waals surface area contributed by atoms with E-state index >= 15 is 0 Å². The summed E-state index contributed by atoms with van der Waals surface area (Å²) in [4.78, 5) is 38.5. The molecule has 0 saturated carbocycles. The summed E-state index contributed by atoms with van der Waals surface area (Å²) >= 11 is 0. The van der Waals surface area contributed by atoms with Crippen molar-refractivity contribution in [3.63, 3.8) is 0 Å². The van der Waals surface area contributed by atoms with E-state index in [-0.39, 0.29) is 11.9 Å². The van der Waals surface area contributed by atoms with Gasteiger partial charge in [0.15, 0.2) is 0 Å². The van der Waals surface area contributed by atoms with Crippen LogP contribution in [-0.4, -0.2) is 53.2 Å². The van der Waals surface area contributed by atoms with Crippen molar-refractivity contribution in [2.24, 2.45) is 0 Å². The standard InChI is InChI=1S/C27H25N7O3/c1-2-3-24(35)30-19-8-10-21(11-9-19)32-27(36)31-20-6-4-18(5-7-20)23-16-22-25(33-23)28-17-29-26(22)34-12-14-37-15-13-34/h4-11,16-17H,12-15H2,1H3,(H,30,35)(H,28,29,33)(H2,31,32,36). The number of hydrogen-bond acceptors (Lipinski definition) is 6. The van der Waals surface area contributed by atoms with Crippen LogP contribution in [0.15, 0.2) is 60.9 Å². The van der Waals surface area contributed by atoms with Crippen molar-refractivity contribution in [3.05, 3.63) is 60.9 Å². The van der Waals surface area contributed by atoms with Gasteiger partial charge in [0.2, 0.25) is 0 Å². The number of rotatable bonds is 5. The maximum Gasteiger partial charge on any atom is 0.323 e. The fourth-order valence-electron chi connectivity index (χ4n) is 4.05. The molecular formula is C27H25N7O3. The van der Waals surface area contributed by atoms with Crippen LogP contribution in [0.1, 0.15) is 6.92 Å². The van der Waals surface area contributed by atoms with Crippen molar-refractivity contribution in [1.29, 1.82) is 0 Å². The minimum atomic E-state index is -0.387. The average Bonchev–Trinajstić information content (AvgIpc) is 3.35. The number of H-pyrrole nitrogens is 1. The van der Waals surface area contributed by atoms with Crippen LogP contribution in [0.5, 0.6) is 0 Å². The minimum absolute atomic E-state index is 0.377. The largest absolute Gasteiger partial charge is 0.378 e. The molecule has 3 heterocycles. The number of ether oxygens (including phenoxy) is 1. The number of carbonyl (C=O) groups is 2. The Bertz CT molecular complexity index is 1480. The molecule has 186 valence electrons. The van der Waals surface area contributed by atoms with Gasteiger partial charge in [0.05, 0.1) is 18.6 Å². The Morgan fingerprint density at radius 2 is 1.54 bits per heavy atom. The molecule has 5 rings (SSSR count). The first-order valence-electron chi connectivity index (χ1n) is 11.8. The second kappa shape index (κ2) is 10.8. The molecule has 10 heteroatoms. The summed E-state index contributed by atoms with van der Waals surface area (Å²) in [6.07, 6.45) is 1.57. The van der Waals surface area contributed by atoms with Gasteiger partial charge >= 0.3 is 6.03 Å². The SMILES string of the molecule is CC#CC(=O)Nc1ccc(NC(=O)Nc2ccc(-c3cc4c(N5CCOCC5)ncnc4[nH]3)cc2)cc1. The number of aromatic nitrogens is 3. The number of nitrogens with one attached hydrogen (secondary N) is 4. The normalized spacial score (nSPS) is 12.9. The molecule has 0 radical (unpaired) electrons. The number of hydrogen-bond donors (Lipinski definition) is 4. The van der Waals surface area contributed by atoms with Crippen LogP contribution in [0.3, 0.4) is 0 Å². The maximum absolute atomic E-state index is 12.4. The molecule has 0 aliphatic carbocycles. The van der Waals surface area contributed by atoms with Gasteiger partial charge in [0.1, 0.15) is 17.8 Å². The van der Waals surface area contributed by atoms with Crippen molar-refractivity contribution in [2.75, 3.05) is 47.2 Å². The summed E-state index contributed by atoms with van der Waals surface area (Å²) in [5.74, 6) is 5.47. The predicted octanol–water partition coefficient (Wildman–Crippen LogP) is 4.07. The van der Waals surface area contributed by atoms with Crippen LogP contribution in [0.4, 0.5) is 27.7 Å². The van der Waals surface area contributed by atoms with Crippen molar-refractivity contribution in [2.45, 2.75) is 6.92 Å². The Balaban J connectivity index is 1.22. The molecule has 37 heavy (non-hydrogen) atoms. The number of benzene rings is 2. The number of nitrogens with zero attached hydrogens (tertiary/aromatic N) is 3. The van der Waals surface area contributed by atoms with E-state index in [9.17, 15) is 9.59 Å². The maximum atomic E-state index is 12.4. The van der Waals surface area contributed by atoms with Gasteiger partial charge in [0.25, 0.3) is 5.91 Å². The lowest BCUT2D eigenvalue weighted by molar-refractivity contribution is -0.111. The van der Waals surface area contributed by atoms with Crippen LogP contribution in [0.2, 0.25) is 0 Å². The smallest absolute Gasteiger partial charge is 0.323 e. The van der Waals surface area contributed by atoms with Crippen LogP contribution in [-0.2, 0) is 9.53 Å². The Labute approximate surface area is 213 Å². The number of carbonyl (C=O) groups excluding carboxylic acids is 2. The second-order valence-corrected chi connectivity index (χ2v) is 8.30. The third-order valence-corrected chi connectivity index (χ3v) is 5.81. The Kier molecular flexibility index (Phi) is 6.96. The van der Waals surface area contributed by atoms with Gasteiger partial charge < -0.3 is 30.6 Å². The van der Waals surface area contributed by atoms with E-state index in [1.54, 1.807) is 37.5 Å². The van der Waals surface area contributed by atoms with Gasteiger partial charge in [-0.1, -0.05) is 18.1 Å². The van der Waals surface area contributed by atoms with Gasteiger partial charge in [-0.25, -0.2) is 14.8 Å². The topological polar surface area (TPSA) is 124 Å². The van der Waals surface area contributed by atoms with E-state index in [2.05, 4.69) is 53.7 Å². The molecule has 10 nitrogen and oxygen atoms in total. The van der Waals surface area contributed by atoms with Gasteiger partial charge in [-0.15, -0.1) is 0 Å². The lowest BCUT2D eigenvalue weighted by Gasteiger charge is -2.27. The molecule has 0 spiro atoms. The van der Waals surface area contributed by atoms with Crippen molar-refractivity contribution < 1.29 is 14.3 Å². The molecule has 1 aliphatic heterocycles. The van der Waals surface area contributed by atoms with E-state index < -0.39 is 0 Å². The Hall–Kier alpha value is -4.88. The third kappa shape index (κ3) is 5.69. The molecule has 0 unspecified atom stereocenters. The second-order valence-electron chi connectivity index (χ2n) is 8.30. The zero-order chi connectivity index (χ0) is 25.6. The first kappa shape index (κ1) is 23.8. The Morgan fingerprint density at radius 3 is 2.19 bits per heavy atom. The molecule has 0 bridgehead atoms. The quantitative estimate of drug-likeness (QED) is 0.310. The van der Waals surface area contributed by atoms with Crippen molar-refractivity contribution in [1.82, 2.24) is 15.0 Å². The molecule has 2 aromatic carbocycles. The fourth-order valence-corrected chi connectivity index (χ4v) is 4.05. The lowest BCUT2D eigenvalue weighted by Crippen LogP contribution is -2.36. The van der Waals surface area contributed by atoms with Crippen LogP contribution < -0.4 is 20.9 Å². The first-order chi connectivity index (χ1) is 18.1. The summed E-state index contributed by atoms with van der Waals surface area (Å²) in [5.41, 5.74) is 4.48. The third-order valence-electron chi connectivity index (χ3n) is 5.81. The number of fused-ring (bicyclic) bond motifs is 1. The minimum Gasteiger partial charge on any atom is -0.378 e. The highest BCUT2D eigenvalue weighted by Gasteiger charge is 2.17. The van der Waals surface area contributed by atoms with E-state index in [4.69, 9.17) is 4.74 Å². The first-order valence-corrected chi connectivity index (χ1v) is 11.8. The van der Waals surface area contributed by atoms with E-state index in [0.29, 0.717) is 30.3 Å². The molecular weight excluding hydrogens is 470 g/mol. The Morgan fingerprint density at radius 1 is 0.919 bits per heavy atom. The molecule has 1 fully saturated rings. The van der Waals surface area contributed by atoms with Crippen molar-refractivity contribution >= 4 is 45.9 Å². The average molecular weight is 496 g/mol. The van der Waals surface area contributed by atoms with Crippen LogP contribution in [0.25, 0.3) is 22.3 Å². The summed E-state index contributed by atoms with van der Waals surface area (Å²) in [5, 5.41) is 9.21. The number of morpholine rings is 1. The van der Waals surface area contributed by atoms with E-state index in [0.717, 1.165) is 41.2 Å². The highest BCUT2D eigenvalue weighted by molar-refractivity contribution is 6.04. The molecule has 1 saturated heterocycles. The fraction of sp³-hybridized carbons (Fsp3) is 0.185. The van der Waals surface area contributed by atoms with Gasteiger partial charge in [0, 0.05) is 35.8 Å². The zero-order valence-corrected chi connectivity index (χ0v) is 20.2. The number of amides is 3. The van der Waals surface area contributed by atoms with E-state index in [1.165, 1.54) is 0 Å². The van der Waals surface area contributed by atoms with Crippen LogP contribution in [0, 0.1) is 11.8 Å². The number of anilines is 4. The van der Waals surface area contributed by atoms with Gasteiger partial charge in [-0.3, -0.25) is 4.79 Å². The molecule has 1 aliphatic rings. The summed E-state index contributed by atoms with van der Waals surface area (Å²) in [6.45, 7) is 4.55. The van der Waals surface area contributed by atoms with Gasteiger partial charge in [-0.2, -0.15) is 0 Å². The number of urea groups is 1.